The van der Waals surface area contributed by atoms with Gasteiger partial charge in [-0.15, -0.1) is 0 Å². The van der Waals surface area contributed by atoms with E-state index in [9.17, 15) is 4.79 Å². The monoisotopic (exact) mass is 322 g/mol. The lowest BCUT2D eigenvalue weighted by atomic mass is 9.91. The van der Waals surface area contributed by atoms with Gasteiger partial charge in [-0.3, -0.25) is 4.79 Å². The van der Waals surface area contributed by atoms with Crippen molar-refractivity contribution in [3.63, 3.8) is 0 Å². The van der Waals surface area contributed by atoms with Gasteiger partial charge in [-0.05, 0) is 23.3 Å². The zero-order valence-electron chi connectivity index (χ0n) is 12.4. The van der Waals surface area contributed by atoms with E-state index in [-0.39, 0.29) is 5.97 Å². The molecule has 0 amide bonds. The van der Waals surface area contributed by atoms with E-state index in [1.54, 1.807) is 24.3 Å². The molecule has 114 valence electrons. The van der Waals surface area contributed by atoms with Gasteiger partial charge in [0, 0.05) is 0 Å². The first-order valence-corrected chi connectivity index (χ1v) is 7.69. The van der Waals surface area contributed by atoms with Crippen molar-refractivity contribution < 1.29 is 9.53 Å². The molecule has 3 rings (SSSR count). The lowest BCUT2D eigenvalue weighted by molar-refractivity contribution is -0.135. The van der Waals surface area contributed by atoms with Gasteiger partial charge in [0.05, 0.1) is 5.02 Å². The van der Waals surface area contributed by atoms with Gasteiger partial charge in [0.1, 0.15) is 11.7 Å². The van der Waals surface area contributed by atoms with Crippen LogP contribution in [-0.4, -0.2) is 5.97 Å². The Morgan fingerprint density at radius 2 is 1.22 bits per heavy atom. The topological polar surface area (TPSA) is 26.3 Å². The first kappa shape index (κ1) is 15.3. The van der Waals surface area contributed by atoms with E-state index in [1.807, 2.05) is 60.7 Å². The van der Waals surface area contributed by atoms with E-state index in [1.165, 1.54) is 0 Å². The summed E-state index contributed by atoms with van der Waals surface area (Å²) in [4.78, 5) is 12.8. The van der Waals surface area contributed by atoms with E-state index >= 15 is 0 Å². The molecule has 0 heterocycles. The molecule has 0 aliphatic rings. The normalized spacial score (nSPS) is 10.5. The summed E-state index contributed by atoms with van der Waals surface area (Å²) < 4.78 is 5.55. The maximum absolute atomic E-state index is 12.8. The fourth-order valence-electron chi connectivity index (χ4n) is 2.45. The quantitative estimate of drug-likeness (QED) is 0.494. The molecule has 0 radical (unpaired) electrons. The molecule has 0 fully saturated rings. The van der Waals surface area contributed by atoms with Crippen molar-refractivity contribution in [2.24, 2.45) is 0 Å². The maximum Gasteiger partial charge on any atom is 0.323 e. The number of halogens is 1. The second kappa shape index (κ2) is 7.12. The van der Waals surface area contributed by atoms with Gasteiger partial charge in [-0.1, -0.05) is 84.4 Å². The standard InChI is InChI=1S/C20H15ClO2/c21-17-13-7-8-14-18(17)23-20(22)19(15-9-3-1-4-10-15)16-11-5-2-6-12-16/h1-14,19H. The minimum absolute atomic E-state index is 0.351. The SMILES string of the molecule is O=C(Oc1ccccc1Cl)C(c1ccccc1)c1ccccc1. The Kier molecular flexibility index (Phi) is 4.74. The van der Waals surface area contributed by atoms with Gasteiger partial charge >= 0.3 is 5.97 Å². The number of esters is 1. The molecule has 0 aliphatic heterocycles. The highest BCUT2D eigenvalue weighted by atomic mass is 35.5. The molecule has 23 heavy (non-hydrogen) atoms. The Morgan fingerprint density at radius 3 is 1.74 bits per heavy atom. The van der Waals surface area contributed by atoms with Crippen LogP contribution in [0, 0.1) is 0 Å². The molecule has 0 saturated heterocycles. The minimum atomic E-state index is -0.492. The lowest BCUT2D eigenvalue weighted by Gasteiger charge is -2.17. The van der Waals surface area contributed by atoms with Crippen molar-refractivity contribution in [3.05, 3.63) is 101 Å². The molecule has 0 aromatic heterocycles. The Hall–Kier alpha value is -2.58. The average molecular weight is 323 g/mol. The Labute approximate surface area is 140 Å². The summed E-state index contributed by atoms with van der Waals surface area (Å²) in [6.07, 6.45) is 0. The zero-order chi connectivity index (χ0) is 16.1. The highest BCUT2D eigenvalue weighted by Gasteiger charge is 2.25. The minimum Gasteiger partial charge on any atom is -0.424 e. The molecule has 3 aromatic rings. The van der Waals surface area contributed by atoms with Gasteiger partial charge in [-0.25, -0.2) is 0 Å². The van der Waals surface area contributed by atoms with Crippen LogP contribution >= 0.6 is 11.6 Å². The van der Waals surface area contributed by atoms with Crippen molar-refractivity contribution in [1.29, 1.82) is 0 Å². The fourth-order valence-corrected chi connectivity index (χ4v) is 2.62. The van der Waals surface area contributed by atoms with Gasteiger partial charge in [0.15, 0.2) is 0 Å². The molecule has 0 aliphatic carbocycles. The summed E-state index contributed by atoms with van der Waals surface area (Å²) >= 11 is 6.09. The summed E-state index contributed by atoms with van der Waals surface area (Å²) in [5.74, 6) is -0.472. The highest BCUT2D eigenvalue weighted by molar-refractivity contribution is 6.32. The van der Waals surface area contributed by atoms with Crippen LogP contribution in [0.25, 0.3) is 0 Å². The Morgan fingerprint density at radius 1 is 0.739 bits per heavy atom. The molecule has 0 saturated carbocycles. The van der Waals surface area contributed by atoms with Crippen LogP contribution in [0.4, 0.5) is 0 Å². The third-order valence-corrected chi connectivity index (χ3v) is 3.86. The molecule has 3 heteroatoms. The van der Waals surface area contributed by atoms with E-state index in [0.29, 0.717) is 10.8 Å². The number of rotatable bonds is 4. The average Bonchev–Trinajstić information content (AvgIpc) is 2.59. The van der Waals surface area contributed by atoms with Crippen molar-refractivity contribution in [1.82, 2.24) is 0 Å². The molecule has 0 spiro atoms. The van der Waals surface area contributed by atoms with Crippen LogP contribution in [-0.2, 0) is 4.79 Å². The highest BCUT2D eigenvalue weighted by Crippen LogP contribution is 2.29. The summed E-state index contributed by atoms with van der Waals surface area (Å²) in [5.41, 5.74) is 1.77. The van der Waals surface area contributed by atoms with Crippen molar-refractivity contribution >= 4 is 17.6 Å². The zero-order valence-corrected chi connectivity index (χ0v) is 13.1. The number of hydrogen-bond donors (Lipinski definition) is 0. The Bertz CT molecular complexity index is 746. The van der Waals surface area contributed by atoms with Crippen LogP contribution in [0.3, 0.4) is 0 Å². The number of carbonyl (C=O) groups is 1. The van der Waals surface area contributed by atoms with Crippen LogP contribution in [0.15, 0.2) is 84.9 Å². The first-order valence-electron chi connectivity index (χ1n) is 7.32. The Balaban J connectivity index is 1.96. The summed E-state index contributed by atoms with van der Waals surface area (Å²) in [7, 11) is 0. The first-order chi connectivity index (χ1) is 11.3. The van der Waals surface area contributed by atoms with Crippen molar-refractivity contribution in [2.45, 2.75) is 5.92 Å². The van der Waals surface area contributed by atoms with E-state index in [0.717, 1.165) is 11.1 Å². The molecule has 0 N–H and O–H groups in total. The fraction of sp³-hybridized carbons (Fsp3) is 0.0500. The van der Waals surface area contributed by atoms with Crippen LogP contribution < -0.4 is 4.74 Å². The second-order valence-electron chi connectivity index (χ2n) is 5.11. The molecule has 2 nitrogen and oxygen atoms in total. The largest absolute Gasteiger partial charge is 0.424 e. The molecule has 0 bridgehead atoms. The van der Waals surface area contributed by atoms with E-state index in [2.05, 4.69) is 0 Å². The lowest BCUT2D eigenvalue weighted by Crippen LogP contribution is -2.20. The molecular formula is C20H15ClO2. The number of ether oxygens (including phenoxy) is 1. The number of para-hydroxylation sites is 1. The number of hydrogen-bond acceptors (Lipinski definition) is 2. The van der Waals surface area contributed by atoms with Crippen LogP contribution in [0.5, 0.6) is 5.75 Å². The van der Waals surface area contributed by atoms with E-state index in [4.69, 9.17) is 16.3 Å². The molecule has 3 aromatic carbocycles. The van der Waals surface area contributed by atoms with Crippen molar-refractivity contribution in [3.8, 4) is 5.75 Å². The van der Waals surface area contributed by atoms with Gasteiger partial charge in [0.2, 0.25) is 0 Å². The van der Waals surface area contributed by atoms with Gasteiger partial charge in [0.25, 0.3) is 0 Å². The van der Waals surface area contributed by atoms with Crippen LogP contribution in [0.1, 0.15) is 17.0 Å². The summed E-state index contributed by atoms with van der Waals surface area (Å²) in [5, 5.41) is 0.417. The van der Waals surface area contributed by atoms with Gasteiger partial charge < -0.3 is 4.74 Å². The second-order valence-corrected chi connectivity index (χ2v) is 5.51. The molecular weight excluding hydrogens is 308 g/mol. The number of carbonyl (C=O) groups excluding carboxylic acids is 1. The number of benzene rings is 3. The van der Waals surface area contributed by atoms with Crippen LogP contribution in [0.2, 0.25) is 5.02 Å². The van der Waals surface area contributed by atoms with Crippen molar-refractivity contribution in [2.75, 3.05) is 0 Å². The third-order valence-electron chi connectivity index (χ3n) is 3.55. The summed E-state index contributed by atoms with van der Waals surface area (Å²) in [6.45, 7) is 0. The molecule has 0 unspecified atom stereocenters. The van der Waals surface area contributed by atoms with E-state index < -0.39 is 5.92 Å². The summed E-state index contributed by atoms with van der Waals surface area (Å²) in [6, 6.07) is 26.1. The molecule has 0 atom stereocenters. The smallest absolute Gasteiger partial charge is 0.323 e. The van der Waals surface area contributed by atoms with Gasteiger partial charge in [-0.2, -0.15) is 0 Å². The third kappa shape index (κ3) is 3.61. The maximum atomic E-state index is 12.8. The predicted octanol–water partition coefficient (Wildman–Crippen LogP) is 5.08. The predicted molar refractivity (Wildman–Crippen MR) is 91.8 cm³/mol.